The van der Waals surface area contributed by atoms with Crippen LogP contribution in [-0.4, -0.2) is 40.1 Å². The summed E-state index contributed by atoms with van der Waals surface area (Å²) in [6.45, 7) is 7.41. The van der Waals surface area contributed by atoms with Gasteiger partial charge in [0.15, 0.2) is 0 Å². The SMILES string of the molecule is CCC(NC(=O)N(CC)C(C)(C)C(=O)O)C1CCCCC1. The average Bonchev–Trinajstić information content (AvgIpc) is 2.45. The third-order valence-electron chi connectivity index (χ3n) is 4.73. The van der Waals surface area contributed by atoms with Crippen LogP contribution in [0.3, 0.4) is 0 Å². The van der Waals surface area contributed by atoms with E-state index in [0.717, 1.165) is 19.3 Å². The van der Waals surface area contributed by atoms with Crippen molar-refractivity contribution in [3.05, 3.63) is 0 Å². The van der Waals surface area contributed by atoms with Gasteiger partial charge in [-0.1, -0.05) is 26.2 Å². The van der Waals surface area contributed by atoms with Gasteiger partial charge < -0.3 is 15.3 Å². The highest BCUT2D eigenvalue weighted by Crippen LogP contribution is 2.28. The Kier molecular flexibility index (Phi) is 6.49. The minimum Gasteiger partial charge on any atom is -0.480 e. The van der Waals surface area contributed by atoms with Gasteiger partial charge in [0.2, 0.25) is 0 Å². The quantitative estimate of drug-likeness (QED) is 0.791. The van der Waals surface area contributed by atoms with Crippen LogP contribution in [0.5, 0.6) is 0 Å². The van der Waals surface area contributed by atoms with E-state index >= 15 is 0 Å². The van der Waals surface area contributed by atoms with Gasteiger partial charge in [0, 0.05) is 12.6 Å². The minimum atomic E-state index is -1.19. The van der Waals surface area contributed by atoms with E-state index < -0.39 is 11.5 Å². The van der Waals surface area contributed by atoms with Crippen molar-refractivity contribution >= 4 is 12.0 Å². The van der Waals surface area contributed by atoms with Crippen molar-refractivity contribution in [2.24, 2.45) is 5.92 Å². The second kappa shape index (κ2) is 7.66. The molecule has 1 fully saturated rings. The minimum absolute atomic E-state index is 0.149. The van der Waals surface area contributed by atoms with Crippen LogP contribution in [0.4, 0.5) is 4.79 Å². The summed E-state index contributed by atoms with van der Waals surface area (Å²) in [6.07, 6.45) is 6.96. The van der Waals surface area contributed by atoms with Crippen LogP contribution >= 0.6 is 0 Å². The molecule has 1 unspecified atom stereocenters. The largest absolute Gasteiger partial charge is 0.480 e. The Hall–Kier alpha value is -1.26. The van der Waals surface area contributed by atoms with E-state index in [1.807, 2.05) is 6.92 Å². The van der Waals surface area contributed by atoms with E-state index in [9.17, 15) is 14.7 Å². The molecule has 1 saturated carbocycles. The van der Waals surface area contributed by atoms with E-state index in [0.29, 0.717) is 12.5 Å². The topological polar surface area (TPSA) is 69.6 Å². The lowest BCUT2D eigenvalue weighted by molar-refractivity contribution is -0.147. The smallest absolute Gasteiger partial charge is 0.329 e. The molecule has 1 aliphatic carbocycles. The maximum Gasteiger partial charge on any atom is 0.329 e. The van der Waals surface area contributed by atoms with Gasteiger partial charge in [0.25, 0.3) is 0 Å². The monoisotopic (exact) mass is 298 g/mol. The van der Waals surface area contributed by atoms with Crippen LogP contribution in [0, 0.1) is 5.92 Å². The van der Waals surface area contributed by atoms with Gasteiger partial charge >= 0.3 is 12.0 Å². The number of rotatable bonds is 6. The number of amides is 2. The summed E-state index contributed by atoms with van der Waals surface area (Å²) < 4.78 is 0. The molecule has 0 saturated heterocycles. The molecular formula is C16H30N2O3. The number of hydrogen-bond acceptors (Lipinski definition) is 2. The zero-order valence-electron chi connectivity index (χ0n) is 13.8. The Morgan fingerprint density at radius 3 is 2.24 bits per heavy atom. The molecule has 2 N–H and O–H groups in total. The third-order valence-corrected chi connectivity index (χ3v) is 4.73. The normalized spacial score (nSPS) is 18.1. The first-order chi connectivity index (χ1) is 9.84. The number of nitrogens with zero attached hydrogens (tertiary/aromatic N) is 1. The van der Waals surface area contributed by atoms with Gasteiger partial charge in [-0.2, -0.15) is 0 Å². The molecule has 5 heteroatoms. The first kappa shape index (κ1) is 17.8. The van der Waals surface area contributed by atoms with Crippen LogP contribution < -0.4 is 5.32 Å². The fourth-order valence-corrected chi connectivity index (χ4v) is 3.23. The molecule has 21 heavy (non-hydrogen) atoms. The number of carboxylic acids is 1. The lowest BCUT2D eigenvalue weighted by atomic mass is 9.83. The summed E-state index contributed by atoms with van der Waals surface area (Å²) in [6, 6.07) is -0.112. The van der Waals surface area contributed by atoms with Crippen molar-refractivity contribution in [3.63, 3.8) is 0 Å². The second-order valence-electron chi connectivity index (χ2n) is 6.47. The summed E-state index contributed by atoms with van der Waals surface area (Å²) in [5.74, 6) is -0.454. The molecule has 0 radical (unpaired) electrons. The molecule has 5 nitrogen and oxygen atoms in total. The number of likely N-dealkylation sites (N-methyl/N-ethyl adjacent to an activating group) is 1. The summed E-state index contributed by atoms with van der Waals surface area (Å²) in [5, 5.41) is 12.4. The van der Waals surface area contributed by atoms with Gasteiger partial charge in [-0.05, 0) is 46.0 Å². The summed E-state index contributed by atoms with van der Waals surface area (Å²) in [4.78, 5) is 25.3. The van der Waals surface area contributed by atoms with Crippen LogP contribution in [0.25, 0.3) is 0 Å². The summed E-state index contributed by atoms with van der Waals surface area (Å²) in [7, 11) is 0. The molecule has 1 aliphatic rings. The van der Waals surface area contributed by atoms with Gasteiger partial charge in [0.05, 0.1) is 0 Å². The molecule has 0 heterocycles. The van der Waals surface area contributed by atoms with E-state index in [1.165, 1.54) is 24.2 Å². The molecule has 0 bridgehead atoms. The second-order valence-corrected chi connectivity index (χ2v) is 6.47. The summed E-state index contributed by atoms with van der Waals surface area (Å²) >= 11 is 0. The van der Waals surface area contributed by atoms with Crippen molar-refractivity contribution in [2.75, 3.05) is 6.54 Å². The Bertz CT molecular complexity index is 363. The lowest BCUT2D eigenvalue weighted by Gasteiger charge is -2.37. The highest BCUT2D eigenvalue weighted by Gasteiger charge is 2.38. The fourth-order valence-electron chi connectivity index (χ4n) is 3.23. The van der Waals surface area contributed by atoms with Crippen LogP contribution in [0.2, 0.25) is 0 Å². The van der Waals surface area contributed by atoms with Crippen molar-refractivity contribution in [1.29, 1.82) is 0 Å². The number of carbonyl (C=O) groups is 2. The zero-order chi connectivity index (χ0) is 16.0. The molecule has 1 rings (SSSR count). The van der Waals surface area contributed by atoms with Crippen molar-refractivity contribution in [2.45, 2.75) is 77.8 Å². The first-order valence-corrected chi connectivity index (χ1v) is 8.16. The van der Waals surface area contributed by atoms with Gasteiger partial charge in [-0.25, -0.2) is 9.59 Å². The van der Waals surface area contributed by atoms with Crippen LogP contribution in [0.15, 0.2) is 0 Å². The highest BCUT2D eigenvalue weighted by atomic mass is 16.4. The molecule has 122 valence electrons. The number of carbonyl (C=O) groups excluding carboxylic acids is 1. The predicted molar refractivity (Wildman–Crippen MR) is 83.3 cm³/mol. The third kappa shape index (κ3) is 4.35. The fraction of sp³-hybridized carbons (Fsp3) is 0.875. The maximum absolute atomic E-state index is 12.5. The van der Waals surface area contributed by atoms with Gasteiger partial charge in [0.1, 0.15) is 5.54 Å². The molecule has 0 spiro atoms. The molecule has 0 aromatic rings. The highest BCUT2D eigenvalue weighted by molar-refractivity contribution is 5.85. The Labute approximate surface area is 128 Å². The van der Waals surface area contributed by atoms with E-state index in [-0.39, 0.29) is 12.1 Å². The van der Waals surface area contributed by atoms with E-state index in [2.05, 4.69) is 12.2 Å². The van der Waals surface area contributed by atoms with Crippen molar-refractivity contribution < 1.29 is 14.7 Å². The molecule has 0 aromatic carbocycles. The average molecular weight is 298 g/mol. The van der Waals surface area contributed by atoms with E-state index in [1.54, 1.807) is 13.8 Å². The van der Waals surface area contributed by atoms with Gasteiger partial charge in [-0.3, -0.25) is 0 Å². The number of hydrogen-bond donors (Lipinski definition) is 2. The maximum atomic E-state index is 12.5. The van der Waals surface area contributed by atoms with E-state index in [4.69, 9.17) is 0 Å². The van der Waals surface area contributed by atoms with Crippen molar-refractivity contribution in [1.82, 2.24) is 10.2 Å². The molecule has 1 atom stereocenters. The van der Waals surface area contributed by atoms with Crippen molar-refractivity contribution in [3.8, 4) is 0 Å². The Morgan fingerprint density at radius 1 is 1.24 bits per heavy atom. The number of nitrogens with one attached hydrogen (secondary N) is 1. The Morgan fingerprint density at radius 2 is 1.81 bits per heavy atom. The first-order valence-electron chi connectivity index (χ1n) is 8.16. The van der Waals surface area contributed by atoms with Gasteiger partial charge in [-0.15, -0.1) is 0 Å². The molecular weight excluding hydrogens is 268 g/mol. The zero-order valence-corrected chi connectivity index (χ0v) is 13.8. The lowest BCUT2D eigenvalue weighted by Crippen LogP contribution is -2.58. The summed E-state index contributed by atoms with van der Waals surface area (Å²) in [5.41, 5.74) is -1.19. The predicted octanol–water partition coefficient (Wildman–Crippen LogP) is 3.24. The molecule has 0 aromatic heterocycles. The van der Waals surface area contributed by atoms with Crippen LogP contribution in [-0.2, 0) is 4.79 Å². The number of carboxylic acid groups (broad SMARTS) is 1. The molecule has 2 amide bonds. The standard InChI is InChI=1S/C16H30N2O3/c1-5-13(12-10-8-7-9-11-12)17-15(21)18(6-2)16(3,4)14(19)20/h12-13H,5-11H2,1-4H3,(H,17,21)(H,19,20). The number of aliphatic carboxylic acids is 1. The number of urea groups is 1. The Balaban J connectivity index is 2.73. The van der Waals surface area contributed by atoms with Crippen LogP contribution in [0.1, 0.15) is 66.2 Å². The molecule has 0 aliphatic heterocycles.